The van der Waals surface area contributed by atoms with Gasteiger partial charge in [0.1, 0.15) is 17.8 Å². The number of hydrogen-bond acceptors (Lipinski definition) is 5. The summed E-state index contributed by atoms with van der Waals surface area (Å²) in [5.74, 6) is 0.719. The van der Waals surface area contributed by atoms with Gasteiger partial charge in [0.2, 0.25) is 0 Å². The van der Waals surface area contributed by atoms with Gasteiger partial charge in [-0.25, -0.2) is 18.4 Å². The topological polar surface area (TPSA) is 69.2 Å². The third-order valence-corrected chi connectivity index (χ3v) is 6.26. The van der Waals surface area contributed by atoms with Crippen molar-refractivity contribution in [1.29, 1.82) is 0 Å². The molecule has 30 heavy (non-hydrogen) atoms. The molecule has 9 heteroatoms. The third-order valence-electron chi connectivity index (χ3n) is 4.32. The zero-order valence-electron chi connectivity index (χ0n) is 15.4. The van der Waals surface area contributed by atoms with Crippen molar-refractivity contribution in [1.82, 2.24) is 9.97 Å². The SMILES string of the molecule is CS(=O)(=O)c1cc(Cl)cc(Oc2ccc(Cl)c(-c3ncnc4c(Cl)cccc34)c2)c1. The number of rotatable bonds is 4. The molecule has 0 atom stereocenters. The van der Waals surface area contributed by atoms with Crippen molar-refractivity contribution in [3.63, 3.8) is 0 Å². The second kappa shape index (κ2) is 8.04. The average molecular weight is 480 g/mol. The number of nitrogens with zero attached hydrogens (tertiary/aromatic N) is 2. The monoisotopic (exact) mass is 478 g/mol. The van der Waals surface area contributed by atoms with Crippen LogP contribution in [0.5, 0.6) is 11.5 Å². The maximum atomic E-state index is 11.9. The standard InChI is InChI=1S/C21H13Cl3N2O3S/c1-30(27,28)15-8-12(22)7-14(9-15)29-13-5-6-18(23)17(10-13)20-16-3-2-4-19(24)21(16)26-11-25-20/h2-11H,1H3. The van der Waals surface area contributed by atoms with Crippen molar-refractivity contribution in [3.8, 4) is 22.8 Å². The summed E-state index contributed by atoms with van der Waals surface area (Å²) in [5.41, 5.74) is 1.83. The second-order valence-corrected chi connectivity index (χ2v) is 9.76. The molecule has 1 heterocycles. The highest BCUT2D eigenvalue weighted by Crippen LogP contribution is 2.37. The summed E-state index contributed by atoms with van der Waals surface area (Å²) in [6, 6.07) is 14.8. The first-order valence-electron chi connectivity index (χ1n) is 8.60. The van der Waals surface area contributed by atoms with E-state index in [0.29, 0.717) is 32.6 Å². The molecule has 4 aromatic rings. The highest BCUT2D eigenvalue weighted by molar-refractivity contribution is 7.90. The van der Waals surface area contributed by atoms with Crippen molar-refractivity contribution in [2.75, 3.05) is 6.26 Å². The summed E-state index contributed by atoms with van der Waals surface area (Å²) in [6.07, 6.45) is 2.52. The summed E-state index contributed by atoms with van der Waals surface area (Å²) in [7, 11) is -3.44. The van der Waals surface area contributed by atoms with Crippen LogP contribution < -0.4 is 4.74 Å². The Morgan fingerprint density at radius 2 is 1.67 bits per heavy atom. The Bertz CT molecular complexity index is 1390. The van der Waals surface area contributed by atoms with E-state index in [0.717, 1.165) is 11.6 Å². The van der Waals surface area contributed by atoms with Crippen LogP contribution in [0.4, 0.5) is 0 Å². The third kappa shape index (κ3) is 4.23. The van der Waals surface area contributed by atoms with Crippen LogP contribution in [0.15, 0.2) is 65.8 Å². The van der Waals surface area contributed by atoms with Crippen LogP contribution in [-0.4, -0.2) is 24.6 Å². The van der Waals surface area contributed by atoms with Crippen molar-refractivity contribution in [2.45, 2.75) is 4.90 Å². The normalized spacial score (nSPS) is 11.6. The van der Waals surface area contributed by atoms with Crippen LogP contribution in [-0.2, 0) is 9.84 Å². The first-order valence-corrected chi connectivity index (χ1v) is 11.6. The fourth-order valence-electron chi connectivity index (χ4n) is 2.96. The van der Waals surface area contributed by atoms with Gasteiger partial charge in [-0.05, 0) is 42.5 Å². The number of para-hydroxylation sites is 1. The van der Waals surface area contributed by atoms with Gasteiger partial charge in [-0.15, -0.1) is 0 Å². The van der Waals surface area contributed by atoms with E-state index in [9.17, 15) is 8.42 Å². The van der Waals surface area contributed by atoms with Crippen LogP contribution in [0.25, 0.3) is 22.2 Å². The zero-order valence-corrected chi connectivity index (χ0v) is 18.5. The molecule has 0 radical (unpaired) electrons. The highest BCUT2D eigenvalue weighted by Gasteiger charge is 2.15. The van der Waals surface area contributed by atoms with Gasteiger partial charge in [-0.2, -0.15) is 0 Å². The molecule has 1 aromatic heterocycles. The van der Waals surface area contributed by atoms with Crippen molar-refractivity contribution < 1.29 is 13.2 Å². The number of ether oxygens (including phenoxy) is 1. The minimum atomic E-state index is -3.44. The molecule has 0 fully saturated rings. The molecule has 0 unspecified atom stereocenters. The molecule has 0 amide bonds. The molecule has 152 valence electrons. The minimum Gasteiger partial charge on any atom is -0.457 e. The lowest BCUT2D eigenvalue weighted by Gasteiger charge is -2.12. The Morgan fingerprint density at radius 1 is 0.867 bits per heavy atom. The van der Waals surface area contributed by atoms with Gasteiger partial charge in [0.15, 0.2) is 9.84 Å². The molecule has 0 spiro atoms. The minimum absolute atomic E-state index is 0.0654. The van der Waals surface area contributed by atoms with Crippen LogP contribution in [0.3, 0.4) is 0 Å². The van der Waals surface area contributed by atoms with Gasteiger partial charge in [-0.3, -0.25) is 0 Å². The van der Waals surface area contributed by atoms with E-state index in [-0.39, 0.29) is 15.7 Å². The predicted molar refractivity (Wildman–Crippen MR) is 120 cm³/mol. The quantitative estimate of drug-likeness (QED) is 0.336. The molecular weight excluding hydrogens is 467 g/mol. The van der Waals surface area contributed by atoms with Crippen LogP contribution >= 0.6 is 34.8 Å². The number of sulfone groups is 1. The first-order chi connectivity index (χ1) is 14.2. The van der Waals surface area contributed by atoms with Crippen molar-refractivity contribution in [3.05, 3.63) is 76.0 Å². The molecule has 0 aliphatic carbocycles. The Labute approximate surface area is 188 Å². The Kier molecular flexibility index (Phi) is 5.59. The molecule has 5 nitrogen and oxygen atoms in total. The Balaban J connectivity index is 1.80. The van der Waals surface area contributed by atoms with Crippen molar-refractivity contribution >= 4 is 55.5 Å². The smallest absolute Gasteiger partial charge is 0.175 e. The fourth-order valence-corrected chi connectivity index (χ4v) is 4.35. The maximum absolute atomic E-state index is 11.9. The Hall–Kier alpha value is -2.38. The van der Waals surface area contributed by atoms with E-state index in [2.05, 4.69) is 9.97 Å². The van der Waals surface area contributed by atoms with E-state index in [1.165, 1.54) is 24.5 Å². The first kappa shape index (κ1) is 20.9. The lowest BCUT2D eigenvalue weighted by molar-refractivity contribution is 0.481. The average Bonchev–Trinajstić information content (AvgIpc) is 2.68. The summed E-state index contributed by atoms with van der Waals surface area (Å²) >= 11 is 18.7. The molecule has 0 aliphatic rings. The summed E-state index contributed by atoms with van der Waals surface area (Å²) in [5, 5.41) is 1.96. The summed E-state index contributed by atoms with van der Waals surface area (Å²) < 4.78 is 29.6. The molecule has 0 saturated carbocycles. The van der Waals surface area contributed by atoms with Crippen LogP contribution in [0, 0.1) is 0 Å². The van der Waals surface area contributed by atoms with E-state index < -0.39 is 9.84 Å². The van der Waals surface area contributed by atoms with Crippen molar-refractivity contribution in [2.24, 2.45) is 0 Å². The lowest BCUT2D eigenvalue weighted by Crippen LogP contribution is -1.97. The van der Waals surface area contributed by atoms with Crippen LogP contribution in [0.1, 0.15) is 0 Å². The van der Waals surface area contributed by atoms with Crippen LogP contribution in [0.2, 0.25) is 15.1 Å². The van der Waals surface area contributed by atoms with Gasteiger partial charge in [0.05, 0.1) is 26.2 Å². The van der Waals surface area contributed by atoms with Gasteiger partial charge < -0.3 is 4.74 Å². The number of aromatic nitrogens is 2. The molecule has 0 aliphatic heterocycles. The molecule has 0 N–H and O–H groups in total. The van der Waals surface area contributed by atoms with E-state index in [4.69, 9.17) is 39.5 Å². The number of fused-ring (bicyclic) bond motifs is 1. The molecular formula is C21H13Cl3N2O3S. The number of benzene rings is 3. The van der Waals surface area contributed by atoms with Gasteiger partial charge in [-0.1, -0.05) is 46.9 Å². The number of hydrogen-bond donors (Lipinski definition) is 0. The highest BCUT2D eigenvalue weighted by atomic mass is 35.5. The van der Waals surface area contributed by atoms with E-state index >= 15 is 0 Å². The van der Waals surface area contributed by atoms with E-state index in [1.54, 1.807) is 24.3 Å². The predicted octanol–water partition coefficient (Wildman–Crippen LogP) is 6.45. The zero-order chi connectivity index (χ0) is 21.5. The van der Waals surface area contributed by atoms with E-state index in [1.807, 2.05) is 12.1 Å². The number of halogens is 3. The summed E-state index contributed by atoms with van der Waals surface area (Å²) in [4.78, 5) is 8.68. The maximum Gasteiger partial charge on any atom is 0.175 e. The lowest BCUT2D eigenvalue weighted by atomic mass is 10.1. The van der Waals surface area contributed by atoms with Gasteiger partial charge >= 0.3 is 0 Å². The molecule has 0 saturated heterocycles. The molecule has 3 aromatic carbocycles. The largest absolute Gasteiger partial charge is 0.457 e. The Morgan fingerprint density at radius 3 is 2.43 bits per heavy atom. The van der Waals surface area contributed by atoms with Gasteiger partial charge in [0, 0.05) is 22.2 Å². The van der Waals surface area contributed by atoms with Gasteiger partial charge in [0.25, 0.3) is 0 Å². The molecule has 4 rings (SSSR count). The fraction of sp³-hybridized carbons (Fsp3) is 0.0476. The molecule has 0 bridgehead atoms. The second-order valence-electron chi connectivity index (χ2n) is 6.50. The summed E-state index contributed by atoms with van der Waals surface area (Å²) in [6.45, 7) is 0.